The topological polar surface area (TPSA) is 9.23 Å². The molecule has 104 valence electrons. The van der Waals surface area contributed by atoms with Gasteiger partial charge in [0.2, 0.25) is 0 Å². The minimum absolute atomic E-state index is 0.0709. The van der Waals surface area contributed by atoms with Gasteiger partial charge in [-0.15, -0.1) is 13.2 Å². The Balaban J connectivity index is 2.32. The number of rotatable bonds is 3. The number of ether oxygens (including phenoxy) is 1. The predicted molar refractivity (Wildman–Crippen MR) is 69.3 cm³/mol. The van der Waals surface area contributed by atoms with Crippen molar-refractivity contribution in [3.8, 4) is 5.75 Å². The maximum Gasteiger partial charge on any atom is 0.573 e. The molecule has 19 heavy (non-hydrogen) atoms. The zero-order chi connectivity index (χ0) is 14.0. The van der Waals surface area contributed by atoms with E-state index >= 15 is 0 Å². The first-order valence-electron chi connectivity index (χ1n) is 6.17. The Morgan fingerprint density at radius 2 is 2.00 bits per heavy atom. The lowest BCUT2D eigenvalue weighted by atomic mass is 9.90. The molecule has 0 amide bonds. The highest BCUT2D eigenvalue weighted by molar-refractivity contribution is 6.33. The smallest absolute Gasteiger partial charge is 0.404 e. The van der Waals surface area contributed by atoms with Gasteiger partial charge >= 0.3 is 6.36 Å². The Morgan fingerprint density at radius 1 is 1.26 bits per heavy atom. The van der Waals surface area contributed by atoms with E-state index in [9.17, 15) is 13.2 Å². The SMILES string of the molecule is CCCC1=Cc2ccc(OC(F)(F)F)c(Cl)c2CC1. The molecule has 0 fully saturated rings. The van der Waals surface area contributed by atoms with Gasteiger partial charge in [-0.25, -0.2) is 0 Å². The summed E-state index contributed by atoms with van der Waals surface area (Å²) in [5.74, 6) is -0.319. The van der Waals surface area contributed by atoms with Crippen LogP contribution in [0.3, 0.4) is 0 Å². The number of hydrogen-bond donors (Lipinski definition) is 0. The van der Waals surface area contributed by atoms with Gasteiger partial charge in [0.1, 0.15) is 5.75 Å². The third kappa shape index (κ3) is 3.44. The van der Waals surface area contributed by atoms with Crippen molar-refractivity contribution in [3.05, 3.63) is 33.9 Å². The van der Waals surface area contributed by atoms with Crippen molar-refractivity contribution in [2.24, 2.45) is 0 Å². The second-order valence-electron chi connectivity index (χ2n) is 4.55. The summed E-state index contributed by atoms with van der Waals surface area (Å²) < 4.78 is 40.6. The van der Waals surface area contributed by atoms with E-state index in [1.165, 1.54) is 11.6 Å². The monoisotopic (exact) mass is 290 g/mol. The molecule has 0 bridgehead atoms. The molecule has 0 atom stereocenters. The Kier molecular flexibility index (Phi) is 4.09. The van der Waals surface area contributed by atoms with Crippen molar-refractivity contribution in [1.29, 1.82) is 0 Å². The zero-order valence-corrected chi connectivity index (χ0v) is 11.2. The Hall–Kier alpha value is -1.16. The van der Waals surface area contributed by atoms with Crippen molar-refractivity contribution in [2.75, 3.05) is 0 Å². The Labute approximate surface area is 115 Å². The molecule has 0 saturated carbocycles. The fourth-order valence-electron chi connectivity index (χ4n) is 2.30. The third-order valence-electron chi connectivity index (χ3n) is 3.10. The second kappa shape index (κ2) is 5.45. The van der Waals surface area contributed by atoms with Gasteiger partial charge in [0.15, 0.2) is 0 Å². The summed E-state index contributed by atoms with van der Waals surface area (Å²) in [5, 5.41) is 0.0709. The maximum absolute atomic E-state index is 12.2. The molecule has 0 unspecified atom stereocenters. The average molecular weight is 291 g/mol. The van der Waals surface area contributed by atoms with Gasteiger partial charge < -0.3 is 4.74 Å². The van der Waals surface area contributed by atoms with Crippen LogP contribution < -0.4 is 4.74 Å². The van der Waals surface area contributed by atoms with Crippen LogP contribution in [0.4, 0.5) is 13.2 Å². The molecule has 0 N–H and O–H groups in total. The largest absolute Gasteiger partial charge is 0.573 e. The number of benzene rings is 1. The molecule has 1 aromatic carbocycles. The van der Waals surface area contributed by atoms with Gasteiger partial charge in [-0.05, 0) is 36.5 Å². The lowest BCUT2D eigenvalue weighted by Crippen LogP contribution is -2.18. The van der Waals surface area contributed by atoms with E-state index < -0.39 is 6.36 Å². The van der Waals surface area contributed by atoms with E-state index in [1.54, 1.807) is 6.07 Å². The standard InChI is InChI=1S/C14H14ClF3O/c1-2-3-9-4-6-11-10(8-9)5-7-12(13(11)15)19-14(16,17)18/h5,7-8H,2-4,6H2,1H3. The molecule has 0 aliphatic heterocycles. The second-order valence-corrected chi connectivity index (χ2v) is 4.92. The first-order valence-corrected chi connectivity index (χ1v) is 6.55. The van der Waals surface area contributed by atoms with Crippen molar-refractivity contribution in [1.82, 2.24) is 0 Å². The van der Waals surface area contributed by atoms with Crippen LogP contribution >= 0.6 is 11.6 Å². The highest BCUT2D eigenvalue weighted by Crippen LogP contribution is 2.38. The van der Waals surface area contributed by atoms with Crippen LogP contribution in [-0.2, 0) is 6.42 Å². The van der Waals surface area contributed by atoms with Crippen LogP contribution in [0.5, 0.6) is 5.75 Å². The molecule has 0 aromatic heterocycles. The molecule has 1 nitrogen and oxygen atoms in total. The molecule has 0 heterocycles. The molecular formula is C14H14ClF3O. The van der Waals surface area contributed by atoms with Crippen LogP contribution in [0.25, 0.3) is 6.08 Å². The number of allylic oxidation sites excluding steroid dienone is 1. The summed E-state index contributed by atoms with van der Waals surface area (Å²) in [7, 11) is 0. The number of hydrogen-bond acceptors (Lipinski definition) is 1. The zero-order valence-electron chi connectivity index (χ0n) is 10.5. The van der Waals surface area contributed by atoms with E-state index in [0.29, 0.717) is 6.42 Å². The fraction of sp³-hybridized carbons (Fsp3) is 0.429. The Bertz CT molecular complexity index is 506. The van der Waals surface area contributed by atoms with Gasteiger partial charge in [-0.3, -0.25) is 0 Å². The Morgan fingerprint density at radius 3 is 2.63 bits per heavy atom. The molecular weight excluding hydrogens is 277 g/mol. The lowest BCUT2D eigenvalue weighted by molar-refractivity contribution is -0.274. The van der Waals surface area contributed by atoms with E-state index in [2.05, 4.69) is 11.7 Å². The molecule has 1 aromatic rings. The molecule has 0 radical (unpaired) electrons. The van der Waals surface area contributed by atoms with E-state index in [4.69, 9.17) is 11.6 Å². The molecule has 1 aliphatic rings. The quantitative estimate of drug-likeness (QED) is 0.727. The summed E-state index contributed by atoms with van der Waals surface area (Å²) in [5.41, 5.74) is 2.95. The molecule has 2 rings (SSSR count). The van der Waals surface area contributed by atoms with Crippen LogP contribution in [0.1, 0.15) is 37.3 Å². The van der Waals surface area contributed by atoms with Crippen LogP contribution in [0.2, 0.25) is 5.02 Å². The summed E-state index contributed by atoms with van der Waals surface area (Å²) in [6.07, 6.45) is 0.883. The number of halogens is 4. The van der Waals surface area contributed by atoms with Crippen LogP contribution in [-0.4, -0.2) is 6.36 Å². The van der Waals surface area contributed by atoms with Crippen LogP contribution in [0.15, 0.2) is 17.7 Å². The third-order valence-corrected chi connectivity index (χ3v) is 3.51. The highest BCUT2D eigenvalue weighted by atomic mass is 35.5. The summed E-state index contributed by atoms with van der Waals surface area (Å²) >= 11 is 6.00. The van der Waals surface area contributed by atoms with Crippen molar-refractivity contribution in [2.45, 2.75) is 39.0 Å². The van der Waals surface area contributed by atoms with E-state index in [0.717, 1.165) is 30.4 Å². The summed E-state index contributed by atoms with van der Waals surface area (Å²) in [4.78, 5) is 0. The van der Waals surface area contributed by atoms with Gasteiger partial charge in [0.05, 0.1) is 5.02 Å². The summed E-state index contributed by atoms with van der Waals surface area (Å²) in [6, 6.07) is 2.91. The van der Waals surface area contributed by atoms with Gasteiger partial charge in [-0.1, -0.05) is 42.7 Å². The lowest BCUT2D eigenvalue weighted by Gasteiger charge is -2.20. The van der Waals surface area contributed by atoms with E-state index in [1.807, 2.05) is 6.08 Å². The van der Waals surface area contributed by atoms with Crippen molar-refractivity contribution >= 4 is 17.7 Å². The molecule has 1 aliphatic carbocycles. The number of fused-ring (bicyclic) bond motifs is 1. The fourth-order valence-corrected chi connectivity index (χ4v) is 2.61. The van der Waals surface area contributed by atoms with E-state index in [-0.39, 0.29) is 10.8 Å². The van der Waals surface area contributed by atoms with Gasteiger partial charge in [-0.2, -0.15) is 0 Å². The van der Waals surface area contributed by atoms with Crippen molar-refractivity contribution < 1.29 is 17.9 Å². The predicted octanol–water partition coefficient (Wildman–Crippen LogP) is 5.37. The van der Waals surface area contributed by atoms with Crippen molar-refractivity contribution in [3.63, 3.8) is 0 Å². The normalized spacial score (nSPS) is 14.9. The summed E-state index contributed by atoms with van der Waals surface area (Å²) in [6.45, 7) is 2.10. The first kappa shape index (κ1) is 14.3. The molecule has 0 saturated heterocycles. The first-order chi connectivity index (χ1) is 8.90. The highest BCUT2D eigenvalue weighted by Gasteiger charge is 2.32. The minimum Gasteiger partial charge on any atom is -0.404 e. The molecule has 0 spiro atoms. The average Bonchev–Trinajstić information content (AvgIpc) is 2.32. The molecule has 5 heteroatoms. The number of alkyl halides is 3. The maximum atomic E-state index is 12.2. The van der Waals surface area contributed by atoms with Gasteiger partial charge in [0, 0.05) is 0 Å². The van der Waals surface area contributed by atoms with Crippen LogP contribution in [0, 0.1) is 0 Å². The minimum atomic E-state index is -4.71. The van der Waals surface area contributed by atoms with Gasteiger partial charge in [0.25, 0.3) is 0 Å².